The second kappa shape index (κ2) is 7.26. The summed E-state index contributed by atoms with van der Waals surface area (Å²) >= 11 is 1.98. The van der Waals surface area contributed by atoms with E-state index in [4.69, 9.17) is 0 Å². The maximum Gasteiger partial charge on any atom is 0.267 e. The molecule has 0 saturated carbocycles. The Hall–Kier alpha value is -1.89. The Bertz CT molecular complexity index is 904. The van der Waals surface area contributed by atoms with Gasteiger partial charge >= 0.3 is 0 Å². The highest BCUT2D eigenvalue weighted by Gasteiger charge is 2.23. The summed E-state index contributed by atoms with van der Waals surface area (Å²) in [5.74, 6) is 3.73. The molecule has 6 nitrogen and oxygen atoms in total. The fraction of sp³-hybridized carbons (Fsp3) is 0.600. The van der Waals surface area contributed by atoms with Crippen LogP contribution in [0, 0.1) is 5.92 Å². The van der Waals surface area contributed by atoms with E-state index in [2.05, 4.69) is 26.3 Å². The van der Waals surface area contributed by atoms with Crippen molar-refractivity contribution in [1.29, 1.82) is 0 Å². The monoisotopic (exact) mass is 383 g/mol. The van der Waals surface area contributed by atoms with E-state index in [9.17, 15) is 4.79 Å². The third-order valence-corrected chi connectivity index (χ3v) is 7.09. The third kappa shape index (κ3) is 3.49. The molecule has 0 radical (unpaired) electrons. The molecule has 1 saturated heterocycles. The molecule has 4 heterocycles. The number of nitrogens with zero attached hydrogens (tertiary/aromatic N) is 5. The van der Waals surface area contributed by atoms with Crippen molar-refractivity contribution in [3.8, 4) is 0 Å². The van der Waals surface area contributed by atoms with Crippen molar-refractivity contribution in [2.24, 2.45) is 5.92 Å². The van der Waals surface area contributed by atoms with Crippen LogP contribution in [0.25, 0.3) is 0 Å². The van der Waals surface area contributed by atoms with Crippen molar-refractivity contribution in [3.05, 3.63) is 45.0 Å². The molecule has 3 aliphatic rings. The molecule has 2 aromatic heterocycles. The quantitative estimate of drug-likeness (QED) is 0.810. The van der Waals surface area contributed by atoms with E-state index in [-0.39, 0.29) is 5.56 Å². The highest BCUT2D eigenvalue weighted by molar-refractivity contribution is 7.98. The lowest BCUT2D eigenvalue weighted by molar-refractivity contribution is 0.332. The van der Waals surface area contributed by atoms with Crippen LogP contribution in [0.15, 0.2) is 16.9 Å². The van der Waals surface area contributed by atoms with E-state index in [0.29, 0.717) is 5.92 Å². The summed E-state index contributed by atoms with van der Waals surface area (Å²) in [6, 6.07) is 4.05. The Balaban J connectivity index is 1.24. The lowest BCUT2D eigenvalue weighted by Gasteiger charge is -2.33. The van der Waals surface area contributed by atoms with E-state index < -0.39 is 0 Å². The Morgan fingerprint density at radius 1 is 1.04 bits per heavy atom. The number of rotatable bonds is 3. The molecule has 0 amide bonds. The average Bonchev–Trinajstić information content (AvgIpc) is 3.15. The second-order valence-corrected chi connectivity index (χ2v) is 9.00. The van der Waals surface area contributed by atoms with Gasteiger partial charge in [-0.15, -0.1) is 5.10 Å². The van der Waals surface area contributed by atoms with Crippen LogP contribution in [0.4, 0.5) is 5.82 Å². The normalized spacial score (nSPS) is 19.8. The van der Waals surface area contributed by atoms with Crippen molar-refractivity contribution < 1.29 is 0 Å². The summed E-state index contributed by atoms with van der Waals surface area (Å²) in [5, 5.41) is 13.6. The highest BCUT2D eigenvalue weighted by atomic mass is 32.2. The van der Waals surface area contributed by atoms with Crippen LogP contribution >= 0.6 is 11.8 Å². The zero-order valence-electron chi connectivity index (χ0n) is 15.6. The first-order valence-electron chi connectivity index (χ1n) is 10.0. The minimum absolute atomic E-state index is 0.0659. The SMILES string of the molecule is O=c1cc2c(nn1CC1CCN(c3cc4c(nn3)CCSC4)CC1)CCC2. The van der Waals surface area contributed by atoms with E-state index in [1.165, 1.54) is 11.3 Å². The van der Waals surface area contributed by atoms with E-state index in [1.807, 2.05) is 17.8 Å². The standard InChI is InChI=1S/C20H25N5OS/c26-20-11-15-2-1-3-18(15)23-25(20)12-14-4-7-24(8-5-14)19-10-16-13-27-9-6-17(16)21-22-19/h10-11,14H,1-9,12-13H2. The smallest absolute Gasteiger partial charge is 0.267 e. The molecular weight excluding hydrogens is 358 g/mol. The summed E-state index contributed by atoms with van der Waals surface area (Å²) in [6.07, 6.45) is 6.33. The molecule has 27 heavy (non-hydrogen) atoms. The van der Waals surface area contributed by atoms with Gasteiger partial charge in [0.05, 0.1) is 11.4 Å². The van der Waals surface area contributed by atoms with Crippen molar-refractivity contribution in [1.82, 2.24) is 20.0 Å². The van der Waals surface area contributed by atoms with Crippen LogP contribution in [0.1, 0.15) is 41.8 Å². The Kier molecular flexibility index (Phi) is 4.63. The zero-order chi connectivity index (χ0) is 18.2. The number of aromatic nitrogens is 4. The number of fused-ring (bicyclic) bond motifs is 2. The van der Waals surface area contributed by atoms with Gasteiger partial charge in [0, 0.05) is 37.9 Å². The fourth-order valence-corrected chi connectivity index (χ4v) is 5.40. The van der Waals surface area contributed by atoms with Crippen molar-refractivity contribution in [2.75, 3.05) is 23.7 Å². The Labute approximate surface area is 163 Å². The molecule has 1 aliphatic carbocycles. The van der Waals surface area contributed by atoms with Gasteiger partial charge < -0.3 is 4.90 Å². The van der Waals surface area contributed by atoms with Crippen LogP contribution in [0.5, 0.6) is 0 Å². The molecule has 0 bridgehead atoms. The molecule has 0 atom stereocenters. The van der Waals surface area contributed by atoms with E-state index in [1.54, 1.807) is 4.68 Å². The fourth-order valence-electron chi connectivity index (χ4n) is 4.44. The van der Waals surface area contributed by atoms with Gasteiger partial charge in [-0.25, -0.2) is 4.68 Å². The summed E-state index contributed by atoms with van der Waals surface area (Å²) < 4.78 is 1.71. The molecule has 7 heteroatoms. The number of anilines is 1. The largest absolute Gasteiger partial charge is 0.355 e. The third-order valence-electron chi connectivity index (χ3n) is 6.08. The van der Waals surface area contributed by atoms with Crippen molar-refractivity contribution in [3.63, 3.8) is 0 Å². The first-order valence-corrected chi connectivity index (χ1v) is 11.2. The lowest BCUT2D eigenvalue weighted by atomic mass is 9.96. The molecule has 2 aliphatic heterocycles. The molecule has 0 aromatic carbocycles. The Morgan fingerprint density at radius 3 is 2.81 bits per heavy atom. The van der Waals surface area contributed by atoms with Crippen LogP contribution in [0.2, 0.25) is 0 Å². The van der Waals surface area contributed by atoms with Gasteiger partial charge in [-0.3, -0.25) is 4.79 Å². The first kappa shape index (κ1) is 17.2. The van der Waals surface area contributed by atoms with Gasteiger partial charge in [-0.1, -0.05) is 0 Å². The van der Waals surface area contributed by atoms with Gasteiger partial charge in [0.1, 0.15) is 0 Å². The molecule has 2 aromatic rings. The molecule has 1 fully saturated rings. The van der Waals surface area contributed by atoms with Crippen LogP contribution in [0.3, 0.4) is 0 Å². The summed E-state index contributed by atoms with van der Waals surface area (Å²) in [5.41, 5.74) is 4.89. The summed E-state index contributed by atoms with van der Waals surface area (Å²) in [4.78, 5) is 14.7. The van der Waals surface area contributed by atoms with E-state index >= 15 is 0 Å². The summed E-state index contributed by atoms with van der Waals surface area (Å²) in [7, 11) is 0. The first-order chi connectivity index (χ1) is 13.3. The van der Waals surface area contributed by atoms with Crippen molar-refractivity contribution in [2.45, 2.75) is 50.8 Å². The minimum atomic E-state index is 0.0659. The zero-order valence-corrected chi connectivity index (χ0v) is 16.4. The van der Waals surface area contributed by atoms with Crippen LogP contribution in [-0.2, 0) is 31.6 Å². The minimum Gasteiger partial charge on any atom is -0.355 e. The predicted molar refractivity (Wildman–Crippen MR) is 107 cm³/mol. The van der Waals surface area contributed by atoms with Gasteiger partial charge in [-0.05, 0) is 61.0 Å². The number of hydrogen-bond acceptors (Lipinski definition) is 6. The van der Waals surface area contributed by atoms with E-state index in [0.717, 1.165) is 86.7 Å². The van der Waals surface area contributed by atoms with Gasteiger partial charge in [0.25, 0.3) is 5.56 Å². The number of piperidine rings is 1. The van der Waals surface area contributed by atoms with Gasteiger partial charge in [0.2, 0.25) is 0 Å². The maximum atomic E-state index is 12.3. The predicted octanol–water partition coefficient (Wildman–Crippen LogP) is 2.23. The second-order valence-electron chi connectivity index (χ2n) is 7.90. The number of hydrogen-bond donors (Lipinski definition) is 0. The number of thioether (sulfide) groups is 1. The topological polar surface area (TPSA) is 63.9 Å². The van der Waals surface area contributed by atoms with Crippen molar-refractivity contribution >= 4 is 17.6 Å². The average molecular weight is 384 g/mol. The van der Waals surface area contributed by atoms with Crippen LogP contribution < -0.4 is 10.5 Å². The van der Waals surface area contributed by atoms with Gasteiger partial charge in [0.15, 0.2) is 5.82 Å². The molecule has 0 N–H and O–H groups in total. The molecule has 5 rings (SSSR count). The lowest BCUT2D eigenvalue weighted by Crippen LogP contribution is -2.37. The molecule has 0 spiro atoms. The summed E-state index contributed by atoms with van der Waals surface area (Å²) in [6.45, 7) is 2.70. The van der Waals surface area contributed by atoms with Gasteiger partial charge in [-0.2, -0.15) is 22.0 Å². The molecule has 142 valence electrons. The number of aryl methyl sites for hydroxylation is 3. The van der Waals surface area contributed by atoms with Crippen LogP contribution in [-0.4, -0.2) is 38.8 Å². The molecule has 0 unspecified atom stereocenters. The Morgan fingerprint density at radius 2 is 1.93 bits per heavy atom. The maximum absolute atomic E-state index is 12.3. The highest BCUT2D eigenvalue weighted by Crippen LogP contribution is 2.28. The molecular formula is C20H25N5OS.